The molecular formula is C9H13N7. The number of aromatic nitrogens is 5. The Morgan fingerprint density at radius 3 is 2.81 bits per heavy atom. The SMILES string of the molecule is CCn1cnnc1CNc1ncc(N)cn1. The molecule has 0 aliphatic carbocycles. The van der Waals surface area contributed by atoms with Gasteiger partial charge in [0.2, 0.25) is 5.95 Å². The van der Waals surface area contributed by atoms with Gasteiger partial charge in [-0.15, -0.1) is 10.2 Å². The molecule has 3 N–H and O–H groups in total. The molecule has 0 bridgehead atoms. The van der Waals surface area contributed by atoms with Crippen molar-refractivity contribution in [2.75, 3.05) is 11.1 Å². The number of nitrogen functional groups attached to an aromatic ring is 1. The molecule has 2 heterocycles. The summed E-state index contributed by atoms with van der Waals surface area (Å²) in [5, 5.41) is 10.9. The summed E-state index contributed by atoms with van der Waals surface area (Å²) in [6.07, 6.45) is 4.81. The lowest BCUT2D eigenvalue weighted by Crippen LogP contribution is -2.09. The third-order valence-corrected chi connectivity index (χ3v) is 2.11. The Labute approximate surface area is 92.7 Å². The monoisotopic (exact) mass is 219 g/mol. The predicted octanol–water partition coefficient (Wildman–Crippen LogP) is 0.282. The Morgan fingerprint density at radius 2 is 2.12 bits per heavy atom. The molecule has 84 valence electrons. The van der Waals surface area contributed by atoms with Crippen molar-refractivity contribution in [3.63, 3.8) is 0 Å². The summed E-state index contributed by atoms with van der Waals surface area (Å²) >= 11 is 0. The van der Waals surface area contributed by atoms with Crippen LogP contribution in [0.2, 0.25) is 0 Å². The van der Waals surface area contributed by atoms with Crippen LogP contribution in [0.1, 0.15) is 12.7 Å². The van der Waals surface area contributed by atoms with E-state index in [4.69, 9.17) is 5.73 Å². The Bertz CT molecular complexity index is 447. The minimum absolute atomic E-state index is 0.528. The van der Waals surface area contributed by atoms with Crippen LogP contribution in [0.4, 0.5) is 11.6 Å². The van der Waals surface area contributed by atoms with E-state index in [0.717, 1.165) is 12.4 Å². The topological polar surface area (TPSA) is 94.5 Å². The third-order valence-electron chi connectivity index (χ3n) is 2.11. The molecule has 7 nitrogen and oxygen atoms in total. The first kappa shape index (κ1) is 10.3. The smallest absolute Gasteiger partial charge is 0.223 e. The first-order valence-corrected chi connectivity index (χ1v) is 4.97. The van der Waals surface area contributed by atoms with Crippen LogP contribution in [0.5, 0.6) is 0 Å². The van der Waals surface area contributed by atoms with Crippen molar-refractivity contribution >= 4 is 11.6 Å². The van der Waals surface area contributed by atoms with Crippen LogP contribution < -0.4 is 11.1 Å². The maximum atomic E-state index is 5.48. The van der Waals surface area contributed by atoms with E-state index in [-0.39, 0.29) is 0 Å². The summed E-state index contributed by atoms with van der Waals surface area (Å²) < 4.78 is 1.95. The molecule has 0 fully saturated rings. The van der Waals surface area contributed by atoms with E-state index in [1.807, 2.05) is 11.5 Å². The maximum Gasteiger partial charge on any atom is 0.223 e. The van der Waals surface area contributed by atoms with Gasteiger partial charge in [0.15, 0.2) is 5.82 Å². The van der Waals surface area contributed by atoms with Crippen LogP contribution in [-0.4, -0.2) is 24.7 Å². The van der Waals surface area contributed by atoms with Gasteiger partial charge < -0.3 is 15.6 Å². The van der Waals surface area contributed by atoms with E-state index in [9.17, 15) is 0 Å². The Kier molecular flexibility index (Phi) is 2.95. The molecule has 2 aromatic rings. The highest BCUT2D eigenvalue weighted by Gasteiger charge is 2.02. The molecule has 0 aliphatic heterocycles. The van der Waals surface area contributed by atoms with E-state index in [0.29, 0.717) is 18.2 Å². The molecule has 0 unspecified atom stereocenters. The lowest BCUT2D eigenvalue weighted by atomic mass is 10.5. The molecule has 2 aromatic heterocycles. The second-order valence-electron chi connectivity index (χ2n) is 3.23. The van der Waals surface area contributed by atoms with E-state index in [1.54, 1.807) is 18.7 Å². The highest BCUT2D eigenvalue weighted by Crippen LogP contribution is 2.03. The summed E-state index contributed by atoms with van der Waals surface area (Å²) in [7, 11) is 0. The number of nitrogens with one attached hydrogen (secondary N) is 1. The lowest BCUT2D eigenvalue weighted by molar-refractivity contribution is 0.706. The van der Waals surface area contributed by atoms with Crippen molar-refractivity contribution < 1.29 is 0 Å². The van der Waals surface area contributed by atoms with Gasteiger partial charge in [-0.05, 0) is 6.92 Å². The standard InChI is InChI=1S/C9H13N7/c1-2-16-6-14-15-8(16)5-13-9-11-3-7(10)4-12-9/h3-4,6H,2,5,10H2,1H3,(H,11,12,13). The first-order valence-electron chi connectivity index (χ1n) is 4.97. The molecule has 2 rings (SSSR count). The zero-order valence-electron chi connectivity index (χ0n) is 8.96. The molecule has 0 saturated carbocycles. The molecule has 7 heteroatoms. The van der Waals surface area contributed by atoms with Crippen LogP contribution in [0.3, 0.4) is 0 Å². The molecule has 0 aliphatic rings. The van der Waals surface area contributed by atoms with Gasteiger partial charge in [-0.1, -0.05) is 0 Å². The molecule has 0 saturated heterocycles. The van der Waals surface area contributed by atoms with Gasteiger partial charge in [-0.25, -0.2) is 9.97 Å². The average molecular weight is 219 g/mol. The lowest BCUT2D eigenvalue weighted by Gasteiger charge is -2.05. The van der Waals surface area contributed by atoms with Gasteiger partial charge in [-0.2, -0.15) is 0 Å². The average Bonchev–Trinajstić information content (AvgIpc) is 2.76. The van der Waals surface area contributed by atoms with Crippen LogP contribution in [-0.2, 0) is 13.1 Å². The number of anilines is 2. The van der Waals surface area contributed by atoms with Gasteiger partial charge in [0.25, 0.3) is 0 Å². The van der Waals surface area contributed by atoms with E-state index >= 15 is 0 Å². The zero-order chi connectivity index (χ0) is 11.4. The van der Waals surface area contributed by atoms with Gasteiger partial charge in [0.05, 0.1) is 24.6 Å². The van der Waals surface area contributed by atoms with Gasteiger partial charge >= 0.3 is 0 Å². The summed E-state index contributed by atoms with van der Waals surface area (Å²) in [6.45, 7) is 3.41. The zero-order valence-corrected chi connectivity index (χ0v) is 8.96. The van der Waals surface area contributed by atoms with E-state index in [1.165, 1.54) is 0 Å². The third kappa shape index (κ3) is 2.25. The molecule has 0 spiro atoms. The van der Waals surface area contributed by atoms with Gasteiger partial charge in [0.1, 0.15) is 6.33 Å². The highest BCUT2D eigenvalue weighted by molar-refractivity contribution is 5.35. The number of nitrogens with zero attached hydrogens (tertiary/aromatic N) is 5. The normalized spacial score (nSPS) is 10.3. The van der Waals surface area contributed by atoms with Crippen LogP contribution in [0.25, 0.3) is 0 Å². The number of nitrogens with two attached hydrogens (primary N) is 1. The minimum Gasteiger partial charge on any atom is -0.396 e. The minimum atomic E-state index is 0.528. The fraction of sp³-hybridized carbons (Fsp3) is 0.333. The van der Waals surface area contributed by atoms with Crippen molar-refractivity contribution in [1.82, 2.24) is 24.7 Å². The first-order chi connectivity index (χ1) is 7.79. The number of hydrogen-bond acceptors (Lipinski definition) is 6. The van der Waals surface area contributed by atoms with Crippen LogP contribution >= 0.6 is 0 Å². The van der Waals surface area contributed by atoms with Crippen LogP contribution in [0, 0.1) is 0 Å². The molecule has 0 radical (unpaired) electrons. The van der Waals surface area contributed by atoms with Gasteiger partial charge in [-0.3, -0.25) is 0 Å². The predicted molar refractivity (Wildman–Crippen MR) is 59.5 cm³/mol. The number of aryl methyl sites for hydroxylation is 1. The number of hydrogen-bond donors (Lipinski definition) is 2. The fourth-order valence-corrected chi connectivity index (χ4v) is 1.27. The Morgan fingerprint density at radius 1 is 1.38 bits per heavy atom. The molecular weight excluding hydrogens is 206 g/mol. The maximum absolute atomic E-state index is 5.48. The van der Waals surface area contributed by atoms with Crippen molar-refractivity contribution in [3.8, 4) is 0 Å². The Balaban J connectivity index is 1.99. The molecule has 0 atom stereocenters. The van der Waals surface area contributed by atoms with Crippen molar-refractivity contribution in [1.29, 1.82) is 0 Å². The number of rotatable bonds is 4. The summed E-state index contributed by atoms with van der Waals surface area (Å²) in [5.41, 5.74) is 6.03. The van der Waals surface area contributed by atoms with E-state index < -0.39 is 0 Å². The molecule has 0 amide bonds. The van der Waals surface area contributed by atoms with Crippen molar-refractivity contribution in [3.05, 3.63) is 24.5 Å². The van der Waals surface area contributed by atoms with Crippen LogP contribution in [0.15, 0.2) is 18.7 Å². The highest BCUT2D eigenvalue weighted by atomic mass is 15.3. The second-order valence-corrected chi connectivity index (χ2v) is 3.23. The quantitative estimate of drug-likeness (QED) is 0.767. The Hall–Kier alpha value is -2.18. The van der Waals surface area contributed by atoms with Crippen molar-refractivity contribution in [2.24, 2.45) is 0 Å². The van der Waals surface area contributed by atoms with Gasteiger partial charge in [0, 0.05) is 6.54 Å². The van der Waals surface area contributed by atoms with E-state index in [2.05, 4.69) is 25.5 Å². The fourth-order valence-electron chi connectivity index (χ4n) is 1.27. The second kappa shape index (κ2) is 4.56. The summed E-state index contributed by atoms with van der Waals surface area (Å²) in [6, 6.07) is 0. The largest absolute Gasteiger partial charge is 0.396 e. The molecule has 16 heavy (non-hydrogen) atoms. The van der Waals surface area contributed by atoms with Crippen molar-refractivity contribution in [2.45, 2.75) is 20.0 Å². The molecule has 0 aromatic carbocycles. The summed E-state index contributed by atoms with van der Waals surface area (Å²) in [5.74, 6) is 1.38. The summed E-state index contributed by atoms with van der Waals surface area (Å²) in [4.78, 5) is 8.06.